The summed E-state index contributed by atoms with van der Waals surface area (Å²) >= 11 is 6.13. The Hall–Kier alpha value is -2.56. The fourth-order valence-corrected chi connectivity index (χ4v) is 3.40. The van der Waals surface area contributed by atoms with E-state index in [-0.39, 0.29) is 12.5 Å². The molecule has 3 aromatic carbocycles. The summed E-state index contributed by atoms with van der Waals surface area (Å²) in [6, 6.07) is 19.0. The molecule has 0 radical (unpaired) electrons. The molecule has 0 aliphatic heterocycles. The first-order valence-electron chi connectivity index (χ1n) is 9.22. The molecule has 4 nitrogen and oxygen atoms in total. The zero-order chi connectivity index (χ0) is 20.1. The third-order valence-electron chi connectivity index (χ3n) is 4.89. The molecule has 0 saturated carbocycles. The van der Waals surface area contributed by atoms with E-state index in [1.165, 1.54) is 0 Å². The predicted molar refractivity (Wildman–Crippen MR) is 113 cm³/mol. The van der Waals surface area contributed by atoms with E-state index < -0.39 is 5.60 Å². The molecule has 3 aromatic rings. The maximum Gasteiger partial charge on any atom is 0.255 e. The van der Waals surface area contributed by atoms with Gasteiger partial charge in [-0.25, -0.2) is 0 Å². The Bertz CT molecular complexity index is 988. The summed E-state index contributed by atoms with van der Waals surface area (Å²) < 4.78 is 11.4. The van der Waals surface area contributed by atoms with Gasteiger partial charge in [0.05, 0.1) is 18.7 Å². The van der Waals surface area contributed by atoms with Crippen LogP contribution in [0.15, 0.2) is 60.7 Å². The highest BCUT2D eigenvalue weighted by atomic mass is 35.5. The van der Waals surface area contributed by atoms with E-state index in [1.807, 2.05) is 74.5 Å². The highest BCUT2D eigenvalue weighted by Crippen LogP contribution is 2.30. The summed E-state index contributed by atoms with van der Waals surface area (Å²) in [6.45, 7) is 4.60. The number of benzene rings is 3. The van der Waals surface area contributed by atoms with Crippen molar-refractivity contribution in [2.75, 3.05) is 20.3 Å². The summed E-state index contributed by atoms with van der Waals surface area (Å²) in [5.74, 6) is 0.367. The average molecular weight is 398 g/mol. The summed E-state index contributed by atoms with van der Waals surface area (Å²) in [5.41, 5.74) is 0.715. The van der Waals surface area contributed by atoms with Crippen LogP contribution in [0.5, 0.6) is 5.75 Å². The number of carbonyl (C=O) groups is 1. The first-order valence-corrected chi connectivity index (χ1v) is 9.60. The van der Waals surface area contributed by atoms with Crippen molar-refractivity contribution in [3.63, 3.8) is 0 Å². The average Bonchev–Trinajstić information content (AvgIpc) is 2.72. The van der Waals surface area contributed by atoms with Crippen LogP contribution in [0.1, 0.15) is 29.8 Å². The Morgan fingerprint density at radius 2 is 1.89 bits per heavy atom. The second kappa shape index (κ2) is 8.63. The monoisotopic (exact) mass is 397 g/mol. The largest absolute Gasteiger partial charge is 0.493 e. The van der Waals surface area contributed by atoms with E-state index in [4.69, 9.17) is 21.1 Å². The number of fused-ring (bicyclic) bond motifs is 1. The molecule has 0 bridgehead atoms. The van der Waals surface area contributed by atoms with Crippen LogP contribution in [0.25, 0.3) is 10.8 Å². The number of nitrogens with one attached hydrogen (secondary N) is 1. The van der Waals surface area contributed by atoms with Gasteiger partial charge < -0.3 is 14.8 Å². The minimum absolute atomic E-state index is 0.203. The van der Waals surface area contributed by atoms with E-state index >= 15 is 0 Å². The van der Waals surface area contributed by atoms with Crippen LogP contribution in [0.3, 0.4) is 0 Å². The predicted octanol–water partition coefficient (Wildman–Crippen LogP) is 5.18. The van der Waals surface area contributed by atoms with E-state index in [1.54, 1.807) is 7.11 Å². The van der Waals surface area contributed by atoms with Crippen molar-refractivity contribution in [3.05, 3.63) is 76.8 Å². The molecule has 1 N–H and O–H groups in total. The summed E-state index contributed by atoms with van der Waals surface area (Å²) in [4.78, 5) is 13.1. The fraction of sp³-hybridized carbons (Fsp3) is 0.261. The lowest BCUT2D eigenvalue weighted by Crippen LogP contribution is -2.40. The lowest BCUT2D eigenvalue weighted by atomic mass is 9.95. The third kappa shape index (κ3) is 4.13. The second-order valence-corrected chi connectivity index (χ2v) is 7.16. The van der Waals surface area contributed by atoms with E-state index in [9.17, 15) is 4.79 Å². The van der Waals surface area contributed by atoms with Gasteiger partial charge in [0.1, 0.15) is 11.4 Å². The van der Waals surface area contributed by atoms with Gasteiger partial charge in [0.15, 0.2) is 0 Å². The number of hydrogen-bond donors (Lipinski definition) is 1. The molecule has 1 amide bonds. The molecule has 5 heteroatoms. The van der Waals surface area contributed by atoms with Crippen molar-refractivity contribution in [3.8, 4) is 5.75 Å². The van der Waals surface area contributed by atoms with Crippen LogP contribution in [0.2, 0.25) is 5.02 Å². The Balaban J connectivity index is 1.91. The lowest BCUT2D eigenvalue weighted by molar-refractivity contribution is 0.00314. The van der Waals surface area contributed by atoms with Gasteiger partial charge in [0, 0.05) is 12.1 Å². The summed E-state index contributed by atoms with van der Waals surface area (Å²) in [5, 5.41) is 5.48. The van der Waals surface area contributed by atoms with Crippen LogP contribution in [-0.4, -0.2) is 26.2 Å². The van der Waals surface area contributed by atoms with Crippen LogP contribution in [0.4, 0.5) is 0 Å². The first kappa shape index (κ1) is 20.2. The van der Waals surface area contributed by atoms with E-state index in [0.29, 0.717) is 22.9 Å². The molecule has 0 aromatic heterocycles. The number of methoxy groups -OCH3 is 1. The topological polar surface area (TPSA) is 47.6 Å². The van der Waals surface area contributed by atoms with Crippen molar-refractivity contribution in [1.82, 2.24) is 5.32 Å². The van der Waals surface area contributed by atoms with Crippen molar-refractivity contribution in [1.29, 1.82) is 0 Å². The van der Waals surface area contributed by atoms with Crippen LogP contribution < -0.4 is 10.1 Å². The highest BCUT2D eigenvalue weighted by molar-refractivity contribution is 6.30. The smallest absolute Gasteiger partial charge is 0.255 e. The number of rotatable bonds is 7. The Kier molecular flexibility index (Phi) is 6.22. The van der Waals surface area contributed by atoms with Crippen molar-refractivity contribution >= 4 is 28.3 Å². The molecule has 1 atom stereocenters. The molecular weight excluding hydrogens is 374 g/mol. The molecular formula is C23H24ClNO3. The standard InChI is InChI=1S/C23H24ClNO3/c1-4-28-20-13-12-16-8-5-6-11-19(16)21(20)22(26)25-15-23(2,27-3)17-9-7-10-18(24)14-17/h5-14H,4,15H2,1-3H3,(H,25,26). The summed E-state index contributed by atoms with van der Waals surface area (Å²) in [6.07, 6.45) is 0. The van der Waals surface area contributed by atoms with Crippen molar-refractivity contribution in [2.45, 2.75) is 19.4 Å². The van der Waals surface area contributed by atoms with Crippen molar-refractivity contribution < 1.29 is 14.3 Å². The minimum Gasteiger partial charge on any atom is -0.493 e. The van der Waals surface area contributed by atoms with Crippen molar-refractivity contribution in [2.24, 2.45) is 0 Å². The maximum absolute atomic E-state index is 13.1. The third-order valence-corrected chi connectivity index (χ3v) is 5.12. The van der Waals surface area contributed by atoms with Crippen LogP contribution >= 0.6 is 11.6 Å². The van der Waals surface area contributed by atoms with Crippen LogP contribution in [-0.2, 0) is 10.3 Å². The summed E-state index contributed by atoms with van der Waals surface area (Å²) in [7, 11) is 1.62. The molecule has 0 aliphatic rings. The number of halogens is 1. The van der Waals surface area contributed by atoms with E-state index in [2.05, 4.69) is 5.32 Å². The van der Waals surface area contributed by atoms with Gasteiger partial charge >= 0.3 is 0 Å². The SMILES string of the molecule is CCOc1ccc2ccccc2c1C(=O)NCC(C)(OC)c1cccc(Cl)c1. The Morgan fingerprint density at radius 3 is 2.61 bits per heavy atom. The fourth-order valence-electron chi connectivity index (χ4n) is 3.21. The van der Waals surface area contributed by atoms with Gasteiger partial charge in [0.2, 0.25) is 0 Å². The molecule has 0 aliphatic carbocycles. The molecule has 3 rings (SSSR count). The molecule has 0 saturated heterocycles. The van der Waals surface area contributed by atoms with Gasteiger partial charge in [-0.15, -0.1) is 0 Å². The van der Waals surface area contributed by atoms with Gasteiger partial charge in [-0.05, 0) is 48.4 Å². The number of ether oxygens (including phenoxy) is 2. The normalized spacial score (nSPS) is 13.1. The van der Waals surface area contributed by atoms with Gasteiger partial charge in [-0.3, -0.25) is 4.79 Å². The van der Waals surface area contributed by atoms with Gasteiger partial charge in [-0.2, -0.15) is 0 Å². The Morgan fingerprint density at radius 1 is 1.11 bits per heavy atom. The van der Waals surface area contributed by atoms with E-state index in [0.717, 1.165) is 16.3 Å². The van der Waals surface area contributed by atoms with Gasteiger partial charge in [-0.1, -0.05) is 54.1 Å². The number of carbonyl (C=O) groups excluding carboxylic acids is 1. The molecule has 0 heterocycles. The van der Waals surface area contributed by atoms with Crippen LogP contribution in [0, 0.1) is 0 Å². The molecule has 0 spiro atoms. The molecule has 146 valence electrons. The quantitative estimate of drug-likeness (QED) is 0.597. The molecule has 28 heavy (non-hydrogen) atoms. The lowest BCUT2D eigenvalue weighted by Gasteiger charge is -2.29. The second-order valence-electron chi connectivity index (χ2n) is 6.72. The zero-order valence-corrected chi connectivity index (χ0v) is 17.0. The first-order chi connectivity index (χ1) is 13.5. The maximum atomic E-state index is 13.1. The highest BCUT2D eigenvalue weighted by Gasteiger charge is 2.28. The molecule has 0 fully saturated rings. The number of amides is 1. The minimum atomic E-state index is -0.711. The molecule has 1 unspecified atom stereocenters. The van der Waals surface area contributed by atoms with Gasteiger partial charge in [0.25, 0.3) is 5.91 Å². The number of hydrogen-bond acceptors (Lipinski definition) is 3. The zero-order valence-electron chi connectivity index (χ0n) is 16.3. The Labute approximate surface area is 170 Å².